The van der Waals surface area contributed by atoms with Crippen LogP contribution < -0.4 is 0 Å². The van der Waals surface area contributed by atoms with Crippen molar-refractivity contribution in [3.63, 3.8) is 0 Å². The molecule has 3 nitrogen and oxygen atoms in total. The first-order valence-electron chi connectivity index (χ1n) is 6.72. The van der Waals surface area contributed by atoms with E-state index in [-0.39, 0.29) is 5.41 Å². The summed E-state index contributed by atoms with van der Waals surface area (Å²) >= 11 is 0. The van der Waals surface area contributed by atoms with E-state index < -0.39 is 7.60 Å². The molecular weight excluding hydrogens is 271 g/mol. The van der Waals surface area contributed by atoms with Gasteiger partial charge in [0, 0.05) is 5.41 Å². The smallest absolute Gasteiger partial charge is 0.304 e. The summed E-state index contributed by atoms with van der Waals surface area (Å²) in [6.07, 6.45) is 0. The van der Waals surface area contributed by atoms with Crippen molar-refractivity contribution in [2.75, 3.05) is 13.2 Å². The average molecular weight is 292 g/mol. The molecule has 0 atom stereocenters. The zero-order chi connectivity index (χ0) is 14.8. The maximum absolute atomic E-state index is 13.0. The molecule has 0 N–H and O–H groups in total. The molecule has 1 aliphatic heterocycles. The predicted molar refractivity (Wildman–Crippen MR) is 81.5 cm³/mol. The van der Waals surface area contributed by atoms with Crippen molar-refractivity contribution in [1.82, 2.24) is 0 Å². The van der Waals surface area contributed by atoms with E-state index >= 15 is 0 Å². The minimum absolute atomic E-state index is 0.110. The number of hydrogen-bond donors (Lipinski definition) is 0. The number of rotatable bonds is 2. The molecular formula is C16H21O3P. The third kappa shape index (κ3) is 3.50. The van der Waals surface area contributed by atoms with Crippen molar-refractivity contribution in [1.29, 1.82) is 0 Å². The first-order valence-corrected chi connectivity index (χ1v) is 8.26. The van der Waals surface area contributed by atoms with Gasteiger partial charge in [-0.05, 0) is 25.0 Å². The molecule has 0 radical (unpaired) electrons. The lowest BCUT2D eigenvalue weighted by molar-refractivity contribution is 0.0467. The van der Waals surface area contributed by atoms with Gasteiger partial charge in [-0.25, -0.2) is 0 Å². The summed E-state index contributed by atoms with van der Waals surface area (Å²) < 4.78 is 24.2. The highest BCUT2D eigenvalue weighted by Gasteiger charge is 2.40. The molecule has 108 valence electrons. The van der Waals surface area contributed by atoms with Gasteiger partial charge >= 0.3 is 7.60 Å². The molecule has 20 heavy (non-hydrogen) atoms. The molecule has 1 aromatic rings. The summed E-state index contributed by atoms with van der Waals surface area (Å²) in [5, 5.41) is 0.522. The van der Waals surface area contributed by atoms with Crippen molar-refractivity contribution in [2.24, 2.45) is 5.41 Å². The quantitative estimate of drug-likeness (QED) is 0.577. The summed E-state index contributed by atoms with van der Waals surface area (Å²) in [6, 6.07) is 9.53. The van der Waals surface area contributed by atoms with Gasteiger partial charge in [0.1, 0.15) is 5.31 Å². The second-order valence-electron chi connectivity index (χ2n) is 6.05. The van der Waals surface area contributed by atoms with E-state index in [1.165, 1.54) is 0 Å². The third-order valence-electron chi connectivity index (χ3n) is 2.94. The second-order valence-corrected chi connectivity index (χ2v) is 8.01. The Balaban J connectivity index is 2.45. The van der Waals surface area contributed by atoms with Crippen LogP contribution in [0.1, 0.15) is 33.3 Å². The average Bonchev–Trinajstić information content (AvgIpc) is 2.41. The van der Waals surface area contributed by atoms with E-state index in [1.54, 1.807) is 0 Å². The Morgan fingerprint density at radius 3 is 2.20 bits per heavy atom. The highest BCUT2D eigenvalue weighted by Crippen LogP contribution is 2.63. The van der Waals surface area contributed by atoms with Crippen molar-refractivity contribution in [3.8, 4) is 0 Å². The van der Waals surface area contributed by atoms with Gasteiger partial charge in [-0.15, -0.1) is 5.73 Å². The monoisotopic (exact) mass is 292 g/mol. The zero-order valence-corrected chi connectivity index (χ0v) is 13.4. The van der Waals surface area contributed by atoms with E-state index in [0.29, 0.717) is 18.5 Å². The van der Waals surface area contributed by atoms with E-state index in [0.717, 1.165) is 11.1 Å². The van der Waals surface area contributed by atoms with E-state index in [4.69, 9.17) is 9.05 Å². The molecule has 1 saturated heterocycles. The summed E-state index contributed by atoms with van der Waals surface area (Å²) in [4.78, 5) is 0. The number of hydrogen-bond acceptors (Lipinski definition) is 3. The zero-order valence-electron chi connectivity index (χ0n) is 12.5. The van der Waals surface area contributed by atoms with Crippen LogP contribution in [-0.4, -0.2) is 13.2 Å². The molecule has 2 rings (SSSR count). The van der Waals surface area contributed by atoms with Crippen LogP contribution in [0.5, 0.6) is 0 Å². The highest BCUT2D eigenvalue weighted by atomic mass is 31.2. The van der Waals surface area contributed by atoms with Crippen LogP contribution >= 0.6 is 7.60 Å². The number of benzene rings is 1. The van der Waals surface area contributed by atoms with E-state index in [9.17, 15) is 4.57 Å². The Kier molecular flexibility index (Phi) is 4.36. The summed E-state index contributed by atoms with van der Waals surface area (Å²) in [5.74, 6) is 0. The van der Waals surface area contributed by atoms with Crippen molar-refractivity contribution >= 4 is 12.9 Å². The first-order chi connectivity index (χ1) is 9.32. The molecule has 0 amide bonds. The van der Waals surface area contributed by atoms with Crippen LogP contribution in [0, 0.1) is 5.41 Å². The minimum atomic E-state index is -3.29. The SMILES string of the molecule is CC(C)=C=C(c1ccccc1)P1(=O)OCC(C)(C)CO1. The second kappa shape index (κ2) is 5.71. The summed E-state index contributed by atoms with van der Waals surface area (Å²) in [5.41, 5.74) is 4.81. The van der Waals surface area contributed by atoms with Gasteiger partial charge in [0.25, 0.3) is 0 Å². The van der Waals surface area contributed by atoms with E-state index in [2.05, 4.69) is 5.73 Å². The molecule has 0 unspecified atom stereocenters. The van der Waals surface area contributed by atoms with Gasteiger partial charge in [-0.1, -0.05) is 44.2 Å². The summed E-state index contributed by atoms with van der Waals surface area (Å²) in [6.45, 7) is 8.74. The van der Waals surface area contributed by atoms with Crippen LogP contribution in [0.3, 0.4) is 0 Å². The van der Waals surface area contributed by atoms with Crippen LogP contribution in [0.2, 0.25) is 0 Å². The van der Waals surface area contributed by atoms with Crippen molar-refractivity contribution < 1.29 is 13.6 Å². The van der Waals surface area contributed by atoms with E-state index in [1.807, 2.05) is 58.0 Å². The molecule has 1 aromatic carbocycles. The predicted octanol–water partition coefficient (Wildman–Crippen LogP) is 4.86. The molecule has 0 aliphatic carbocycles. The van der Waals surface area contributed by atoms with Gasteiger partial charge in [0.2, 0.25) is 0 Å². The Bertz CT molecular complexity index is 577. The van der Waals surface area contributed by atoms with Gasteiger partial charge in [-0.3, -0.25) is 4.57 Å². The molecule has 0 aromatic heterocycles. The Morgan fingerprint density at radius 2 is 1.70 bits per heavy atom. The van der Waals surface area contributed by atoms with Gasteiger partial charge in [0.15, 0.2) is 0 Å². The lowest BCUT2D eigenvalue weighted by Crippen LogP contribution is -2.29. The van der Waals surface area contributed by atoms with Gasteiger partial charge in [0.05, 0.1) is 13.2 Å². The summed E-state index contributed by atoms with van der Waals surface area (Å²) in [7, 11) is -3.29. The molecule has 0 spiro atoms. The fourth-order valence-corrected chi connectivity index (χ4v) is 4.06. The first kappa shape index (κ1) is 15.3. The van der Waals surface area contributed by atoms with Crippen molar-refractivity contribution in [2.45, 2.75) is 27.7 Å². The van der Waals surface area contributed by atoms with Crippen LogP contribution in [0.25, 0.3) is 5.31 Å². The Hall–Kier alpha value is -1.11. The molecule has 1 aliphatic rings. The molecule has 1 fully saturated rings. The minimum Gasteiger partial charge on any atom is -0.304 e. The Labute approximate surface area is 120 Å². The largest absolute Gasteiger partial charge is 0.369 e. The maximum Gasteiger partial charge on any atom is 0.369 e. The fraction of sp³-hybridized carbons (Fsp3) is 0.438. The topological polar surface area (TPSA) is 35.5 Å². The van der Waals surface area contributed by atoms with Crippen molar-refractivity contribution in [3.05, 3.63) is 47.2 Å². The van der Waals surface area contributed by atoms with Crippen LogP contribution in [0.15, 0.2) is 41.6 Å². The fourth-order valence-electron chi connectivity index (χ4n) is 1.86. The van der Waals surface area contributed by atoms with Gasteiger partial charge < -0.3 is 9.05 Å². The molecule has 0 saturated carbocycles. The maximum atomic E-state index is 13.0. The Morgan fingerprint density at radius 1 is 1.15 bits per heavy atom. The van der Waals surface area contributed by atoms with Crippen LogP contribution in [0.4, 0.5) is 0 Å². The normalized spacial score (nSPS) is 20.0. The lowest BCUT2D eigenvalue weighted by atomic mass is 9.97. The highest BCUT2D eigenvalue weighted by molar-refractivity contribution is 7.65. The standard InChI is InChI=1S/C16H21O3P/c1-13(2)10-15(14-8-6-5-7-9-14)20(17)18-11-16(3,4)12-19-20/h5-9H,11-12H2,1-4H3. The van der Waals surface area contributed by atoms with Gasteiger partial charge in [-0.2, -0.15) is 0 Å². The number of allylic oxidation sites excluding steroid dienone is 1. The molecule has 1 heterocycles. The molecule has 0 bridgehead atoms. The van der Waals surface area contributed by atoms with Crippen LogP contribution in [-0.2, 0) is 13.6 Å². The molecule has 4 heteroatoms. The third-order valence-corrected chi connectivity index (χ3v) is 4.80. The lowest BCUT2D eigenvalue weighted by Gasteiger charge is -2.34.